The van der Waals surface area contributed by atoms with Gasteiger partial charge >= 0.3 is 0 Å². The predicted molar refractivity (Wildman–Crippen MR) is 53.0 cm³/mol. The molecule has 2 rings (SSSR count). The third-order valence-electron chi connectivity index (χ3n) is 2.97. The Bertz CT molecular complexity index is 330. The van der Waals surface area contributed by atoms with Gasteiger partial charge < -0.3 is 4.79 Å². The van der Waals surface area contributed by atoms with Crippen LogP contribution in [0.25, 0.3) is 0 Å². The second kappa shape index (κ2) is 2.85. The summed E-state index contributed by atoms with van der Waals surface area (Å²) in [6, 6.07) is 7.77. The van der Waals surface area contributed by atoms with Crippen LogP contribution >= 0.6 is 11.6 Å². The van der Waals surface area contributed by atoms with Crippen LogP contribution in [0, 0.1) is 5.92 Å². The average molecular weight is 195 g/mol. The molecule has 2 atom stereocenters. The number of rotatable bonds is 2. The zero-order chi connectivity index (χ0) is 9.47. The van der Waals surface area contributed by atoms with Crippen LogP contribution in [-0.2, 0) is 10.2 Å². The topological polar surface area (TPSA) is 17.1 Å². The van der Waals surface area contributed by atoms with E-state index in [9.17, 15) is 4.79 Å². The fourth-order valence-electron chi connectivity index (χ4n) is 1.76. The van der Waals surface area contributed by atoms with Crippen molar-refractivity contribution >= 4 is 17.9 Å². The van der Waals surface area contributed by atoms with Gasteiger partial charge in [0, 0.05) is 16.4 Å². The first-order valence-corrected chi connectivity index (χ1v) is 4.76. The summed E-state index contributed by atoms with van der Waals surface area (Å²) in [7, 11) is 0. The van der Waals surface area contributed by atoms with Crippen molar-refractivity contribution in [2.24, 2.45) is 5.92 Å². The molecule has 0 heterocycles. The number of benzene rings is 1. The van der Waals surface area contributed by atoms with E-state index in [2.05, 4.69) is 6.92 Å². The molecule has 1 nitrogen and oxygen atoms in total. The molecular weight excluding hydrogens is 184 g/mol. The van der Waals surface area contributed by atoms with Crippen molar-refractivity contribution in [1.82, 2.24) is 0 Å². The van der Waals surface area contributed by atoms with Gasteiger partial charge in [-0.15, -0.1) is 0 Å². The Kier molecular flexibility index (Phi) is 1.92. The van der Waals surface area contributed by atoms with Crippen molar-refractivity contribution in [3.8, 4) is 0 Å². The summed E-state index contributed by atoms with van der Waals surface area (Å²) >= 11 is 5.78. The Morgan fingerprint density at radius 2 is 2.08 bits per heavy atom. The summed E-state index contributed by atoms with van der Waals surface area (Å²) in [5.41, 5.74) is 1.29. The van der Waals surface area contributed by atoms with Crippen molar-refractivity contribution in [2.45, 2.75) is 18.8 Å². The Morgan fingerprint density at radius 1 is 1.46 bits per heavy atom. The molecule has 1 saturated carbocycles. The summed E-state index contributed by atoms with van der Waals surface area (Å²) in [5, 5.41) is 0.746. The molecule has 0 bridgehead atoms. The number of hydrogen-bond acceptors (Lipinski definition) is 1. The zero-order valence-electron chi connectivity index (χ0n) is 7.46. The molecule has 1 aliphatic rings. The lowest BCUT2D eigenvalue weighted by Gasteiger charge is -2.09. The first-order chi connectivity index (χ1) is 6.16. The summed E-state index contributed by atoms with van der Waals surface area (Å²) in [4.78, 5) is 10.6. The van der Waals surface area contributed by atoms with Crippen LogP contribution in [0.2, 0.25) is 5.02 Å². The van der Waals surface area contributed by atoms with E-state index in [-0.39, 0.29) is 11.3 Å². The van der Waals surface area contributed by atoms with Crippen LogP contribution in [0.5, 0.6) is 0 Å². The number of carbonyl (C=O) groups is 1. The molecule has 0 amide bonds. The molecule has 0 radical (unpaired) electrons. The standard InChI is InChI=1S/C11H11ClO/c1-11(6-9(11)7-13)8-2-4-10(12)5-3-8/h2-5,7,9H,6H2,1H3. The van der Waals surface area contributed by atoms with Crippen LogP contribution in [-0.4, -0.2) is 6.29 Å². The van der Waals surface area contributed by atoms with Gasteiger partial charge in [0.2, 0.25) is 0 Å². The number of carbonyl (C=O) groups excluding carboxylic acids is 1. The quantitative estimate of drug-likeness (QED) is 0.662. The van der Waals surface area contributed by atoms with Crippen molar-refractivity contribution in [2.75, 3.05) is 0 Å². The van der Waals surface area contributed by atoms with Crippen LogP contribution in [0.3, 0.4) is 0 Å². The zero-order valence-corrected chi connectivity index (χ0v) is 8.21. The average Bonchev–Trinajstić information content (AvgIpc) is 2.80. The smallest absolute Gasteiger partial charge is 0.123 e. The van der Waals surface area contributed by atoms with E-state index in [0.717, 1.165) is 17.7 Å². The minimum atomic E-state index is 0.0757. The fraction of sp³-hybridized carbons (Fsp3) is 0.364. The Labute approximate surface area is 82.7 Å². The first kappa shape index (κ1) is 8.76. The van der Waals surface area contributed by atoms with Crippen LogP contribution < -0.4 is 0 Å². The number of halogens is 1. The molecule has 2 heteroatoms. The van der Waals surface area contributed by atoms with Crippen molar-refractivity contribution < 1.29 is 4.79 Å². The van der Waals surface area contributed by atoms with Gasteiger partial charge in [0.1, 0.15) is 6.29 Å². The summed E-state index contributed by atoms with van der Waals surface area (Å²) in [5.74, 6) is 0.202. The molecule has 1 aliphatic carbocycles. The molecule has 2 unspecified atom stereocenters. The van der Waals surface area contributed by atoms with E-state index < -0.39 is 0 Å². The molecule has 0 N–H and O–H groups in total. The number of hydrogen-bond donors (Lipinski definition) is 0. The SMILES string of the molecule is CC1(c2ccc(Cl)cc2)CC1C=O. The largest absolute Gasteiger partial charge is 0.303 e. The minimum absolute atomic E-state index is 0.0757. The predicted octanol–water partition coefficient (Wildman–Crippen LogP) is 2.82. The molecule has 0 aromatic heterocycles. The second-order valence-corrected chi connectivity index (χ2v) is 4.31. The van der Waals surface area contributed by atoms with Gasteiger partial charge in [-0.3, -0.25) is 0 Å². The highest BCUT2D eigenvalue weighted by molar-refractivity contribution is 6.30. The van der Waals surface area contributed by atoms with Gasteiger partial charge in [-0.2, -0.15) is 0 Å². The van der Waals surface area contributed by atoms with Gasteiger partial charge in [0.15, 0.2) is 0 Å². The Balaban J connectivity index is 2.27. The molecular formula is C11H11ClO. The van der Waals surface area contributed by atoms with Gasteiger partial charge in [-0.1, -0.05) is 30.7 Å². The lowest BCUT2D eigenvalue weighted by atomic mass is 9.96. The summed E-state index contributed by atoms with van der Waals surface area (Å²) < 4.78 is 0. The molecule has 0 aliphatic heterocycles. The van der Waals surface area contributed by atoms with Crippen LogP contribution in [0.4, 0.5) is 0 Å². The van der Waals surface area contributed by atoms with Crippen molar-refractivity contribution in [3.63, 3.8) is 0 Å². The molecule has 1 aromatic rings. The second-order valence-electron chi connectivity index (χ2n) is 3.87. The lowest BCUT2D eigenvalue weighted by molar-refractivity contribution is -0.109. The van der Waals surface area contributed by atoms with E-state index in [1.165, 1.54) is 5.56 Å². The monoisotopic (exact) mass is 194 g/mol. The third-order valence-corrected chi connectivity index (χ3v) is 3.22. The maximum absolute atomic E-state index is 10.6. The van der Waals surface area contributed by atoms with Gasteiger partial charge in [0.25, 0.3) is 0 Å². The van der Waals surface area contributed by atoms with E-state index in [0.29, 0.717) is 0 Å². The lowest BCUT2D eigenvalue weighted by Crippen LogP contribution is -2.04. The van der Waals surface area contributed by atoms with Crippen LogP contribution in [0.1, 0.15) is 18.9 Å². The fourth-order valence-corrected chi connectivity index (χ4v) is 1.88. The van der Waals surface area contributed by atoms with Crippen LogP contribution in [0.15, 0.2) is 24.3 Å². The maximum Gasteiger partial charge on any atom is 0.123 e. The highest BCUT2D eigenvalue weighted by Crippen LogP contribution is 2.52. The highest BCUT2D eigenvalue weighted by Gasteiger charge is 2.50. The van der Waals surface area contributed by atoms with Crippen molar-refractivity contribution in [1.29, 1.82) is 0 Å². The van der Waals surface area contributed by atoms with E-state index >= 15 is 0 Å². The van der Waals surface area contributed by atoms with E-state index in [4.69, 9.17) is 11.6 Å². The van der Waals surface area contributed by atoms with E-state index in [1.807, 2.05) is 24.3 Å². The number of aldehydes is 1. The minimum Gasteiger partial charge on any atom is -0.303 e. The Hall–Kier alpha value is -0.820. The van der Waals surface area contributed by atoms with Gasteiger partial charge in [-0.05, 0) is 24.1 Å². The van der Waals surface area contributed by atoms with Crippen molar-refractivity contribution in [3.05, 3.63) is 34.9 Å². The summed E-state index contributed by atoms with van der Waals surface area (Å²) in [6.45, 7) is 2.12. The normalized spacial score (nSPS) is 31.4. The van der Waals surface area contributed by atoms with Gasteiger partial charge in [-0.25, -0.2) is 0 Å². The highest BCUT2D eigenvalue weighted by atomic mass is 35.5. The maximum atomic E-state index is 10.6. The van der Waals surface area contributed by atoms with E-state index in [1.54, 1.807) is 0 Å². The first-order valence-electron chi connectivity index (χ1n) is 4.38. The van der Waals surface area contributed by atoms with Gasteiger partial charge in [0.05, 0.1) is 0 Å². The molecule has 68 valence electrons. The molecule has 1 aromatic carbocycles. The molecule has 0 saturated heterocycles. The molecule has 0 spiro atoms. The molecule has 13 heavy (non-hydrogen) atoms. The summed E-state index contributed by atoms with van der Waals surface area (Å²) in [6.07, 6.45) is 2.02. The third kappa shape index (κ3) is 1.37. The Morgan fingerprint density at radius 3 is 2.54 bits per heavy atom. The molecule has 1 fully saturated rings.